The van der Waals surface area contributed by atoms with E-state index in [1.807, 2.05) is 42.1 Å². The number of thioether (sulfide) groups is 1. The number of aromatic nitrogens is 2. The summed E-state index contributed by atoms with van der Waals surface area (Å²) in [6.45, 7) is 1.76. The lowest BCUT2D eigenvalue weighted by Gasteiger charge is -2.33. The molecule has 1 saturated heterocycles. The van der Waals surface area contributed by atoms with Crippen molar-refractivity contribution in [1.82, 2.24) is 9.97 Å². The molecule has 1 unspecified atom stereocenters. The lowest BCUT2D eigenvalue weighted by atomic mass is 10.1. The molecule has 1 N–H and O–H groups in total. The Morgan fingerprint density at radius 1 is 1.09 bits per heavy atom. The highest BCUT2D eigenvalue weighted by atomic mass is 32.2. The molecule has 0 bridgehead atoms. The molecule has 1 aliphatic heterocycles. The number of nitrogens with one attached hydrogen (secondary N) is 1. The van der Waals surface area contributed by atoms with E-state index in [9.17, 15) is 4.79 Å². The Morgan fingerprint density at radius 3 is 2.74 bits per heavy atom. The molecule has 0 amide bonds. The summed E-state index contributed by atoms with van der Waals surface area (Å²) in [5.41, 5.74) is 2.01. The second-order valence-corrected chi connectivity index (χ2v) is 6.93. The van der Waals surface area contributed by atoms with E-state index in [-0.39, 0.29) is 5.56 Å². The van der Waals surface area contributed by atoms with Crippen molar-refractivity contribution in [2.75, 3.05) is 23.7 Å². The Morgan fingerprint density at radius 2 is 1.87 bits per heavy atom. The van der Waals surface area contributed by atoms with Crippen molar-refractivity contribution in [1.29, 1.82) is 0 Å². The molecule has 1 aromatic heterocycles. The zero-order chi connectivity index (χ0) is 15.6. The van der Waals surface area contributed by atoms with Crippen LogP contribution in [0.1, 0.15) is 10.8 Å². The van der Waals surface area contributed by atoms with Gasteiger partial charge in [0.25, 0.3) is 5.56 Å². The van der Waals surface area contributed by atoms with Gasteiger partial charge in [0.15, 0.2) is 0 Å². The second-order valence-electron chi connectivity index (χ2n) is 5.62. The first-order chi connectivity index (χ1) is 11.3. The molecule has 4 rings (SSSR count). The lowest BCUT2D eigenvalue weighted by molar-refractivity contribution is 0.749. The summed E-state index contributed by atoms with van der Waals surface area (Å²) in [6, 6.07) is 18.0. The largest absolute Gasteiger partial charge is 0.340 e. The highest BCUT2D eigenvalue weighted by molar-refractivity contribution is 7.99. The molecule has 4 nitrogen and oxygen atoms in total. The first-order valence-electron chi connectivity index (χ1n) is 7.72. The quantitative estimate of drug-likeness (QED) is 0.787. The van der Waals surface area contributed by atoms with E-state index in [0.29, 0.717) is 16.6 Å². The van der Waals surface area contributed by atoms with E-state index >= 15 is 0 Å². The molecule has 1 fully saturated rings. The monoisotopic (exact) mass is 323 g/mol. The molecule has 3 aromatic rings. The molecule has 116 valence electrons. The normalized spacial score (nSPS) is 18.3. The zero-order valence-electron chi connectivity index (χ0n) is 12.6. The predicted molar refractivity (Wildman–Crippen MR) is 96.2 cm³/mol. The van der Waals surface area contributed by atoms with Gasteiger partial charge in [0.1, 0.15) is 0 Å². The Kier molecular flexibility index (Phi) is 3.79. The van der Waals surface area contributed by atoms with Crippen molar-refractivity contribution in [2.24, 2.45) is 0 Å². The van der Waals surface area contributed by atoms with Crippen molar-refractivity contribution in [3.8, 4) is 0 Å². The van der Waals surface area contributed by atoms with Crippen LogP contribution in [-0.4, -0.2) is 28.8 Å². The van der Waals surface area contributed by atoms with Crippen LogP contribution in [0.15, 0.2) is 59.4 Å². The number of fused-ring (bicyclic) bond motifs is 1. The van der Waals surface area contributed by atoms with Gasteiger partial charge in [-0.15, -0.1) is 0 Å². The summed E-state index contributed by atoms with van der Waals surface area (Å²) in [7, 11) is 0. The van der Waals surface area contributed by atoms with Crippen molar-refractivity contribution >= 4 is 28.6 Å². The highest BCUT2D eigenvalue weighted by Crippen LogP contribution is 2.34. The van der Waals surface area contributed by atoms with Gasteiger partial charge in [0.05, 0.1) is 10.9 Å². The Bertz CT molecular complexity index is 878. The number of anilines is 1. The fraction of sp³-hybridized carbons (Fsp3) is 0.222. The molecule has 0 aliphatic carbocycles. The van der Waals surface area contributed by atoms with Gasteiger partial charge in [-0.25, -0.2) is 4.98 Å². The number of H-pyrrole nitrogens is 1. The number of benzene rings is 2. The van der Waals surface area contributed by atoms with Crippen LogP contribution in [0.5, 0.6) is 0 Å². The Hall–Kier alpha value is -2.27. The summed E-state index contributed by atoms with van der Waals surface area (Å²) in [4.78, 5) is 22.0. The van der Waals surface area contributed by atoms with Crippen LogP contribution in [0.3, 0.4) is 0 Å². The lowest BCUT2D eigenvalue weighted by Crippen LogP contribution is -2.36. The van der Waals surface area contributed by atoms with Crippen LogP contribution in [0, 0.1) is 0 Å². The van der Waals surface area contributed by atoms with Crippen LogP contribution in [-0.2, 0) is 0 Å². The minimum Gasteiger partial charge on any atom is -0.340 e. The summed E-state index contributed by atoms with van der Waals surface area (Å²) in [6.07, 6.45) is 0. The van der Waals surface area contributed by atoms with Crippen LogP contribution in [0.25, 0.3) is 10.9 Å². The van der Waals surface area contributed by atoms with Crippen LogP contribution >= 0.6 is 11.8 Å². The van der Waals surface area contributed by atoms with Gasteiger partial charge in [-0.05, 0) is 17.7 Å². The number of hydrogen-bond donors (Lipinski definition) is 1. The van der Waals surface area contributed by atoms with E-state index in [4.69, 9.17) is 0 Å². The summed E-state index contributed by atoms with van der Waals surface area (Å²) < 4.78 is 0. The van der Waals surface area contributed by atoms with Crippen molar-refractivity contribution in [3.05, 3.63) is 70.5 Å². The predicted octanol–water partition coefficient (Wildman–Crippen LogP) is 3.22. The minimum absolute atomic E-state index is 0.0694. The van der Waals surface area contributed by atoms with Gasteiger partial charge in [-0.3, -0.25) is 9.78 Å². The third-order valence-corrected chi connectivity index (χ3v) is 5.38. The first-order valence-corrected chi connectivity index (χ1v) is 8.77. The maximum atomic E-state index is 12.3. The Balaban J connectivity index is 1.66. The van der Waals surface area contributed by atoms with E-state index in [0.717, 1.165) is 24.4 Å². The molecule has 0 saturated carbocycles. The molecular weight excluding hydrogens is 306 g/mol. The van der Waals surface area contributed by atoms with Gasteiger partial charge in [-0.1, -0.05) is 42.5 Å². The number of hydrogen-bond acceptors (Lipinski definition) is 4. The molecule has 23 heavy (non-hydrogen) atoms. The van der Waals surface area contributed by atoms with Gasteiger partial charge >= 0.3 is 0 Å². The molecule has 0 radical (unpaired) electrons. The van der Waals surface area contributed by atoms with Crippen molar-refractivity contribution in [2.45, 2.75) is 5.25 Å². The van der Waals surface area contributed by atoms with Crippen LogP contribution < -0.4 is 10.5 Å². The van der Waals surface area contributed by atoms with E-state index in [1.54, 1.807) is 0 Å². The van der Waals surface area contributed by atoms with Crippen LogP contribution in [0.2, 0.25) is 0 Å². The van der Waals surface area contributed by atoms with Crippen LogP contribution in [0.4, 0.5) is 5.95 Å². The van der Waals surface area contributed by atoms with Gasteiger partial charge in [-0.2, -0.15) is 11.8 Å². The number of aromatic amines is 1. The third-order valence-electron chi connectivity index (χ3n) is 4.14. The smallest absolute Gasteiger partial charge is 0.260 e. The average Bonchev–Trinajstić information content (AvgIpc) is 2.62. The standard InChI is InChI=1S/C18H17N3OS/c22-17-14-8-4-5-9-15(14)19-18(20-17)21-10-11-23-16(12-21)13-6-2-1-3-7-13/h1-9,16H,10-12H2,(H,19,20,22). The van der Waals surface area contributed by atoms with Gasteiger partial charge < -0.3 is 4.90 Å². The van der Waals surface area contributed by atoms with Crippen molar-refractivity contribution in [3.63, 3.8) is 0 Å². The maximum absolute atomic E-state index is 12.3. The molecule has 2 aromatic carbocycles. The Labute approximate surface area is 138 Å². The minimum atomic E-state index is -0.0694. The number of rotatable bonds is 2. The summed E-state index contributed by atoms with van der Waals surface area (Å²) in [5, 5.41) is 1.05. The maximum Gasteiger partial charge on any atom is 0.260 e. The molecule has 1 aliphatic rings. The topological polar surface area (TPSA) is 49.0 Å². The molecule has 2 heterocycles. The molecule has 5 heteroatoms. The molecular formula is C18H17N3OS. The summed E-state index contributed by atoms with van der Waals surface area (Å²) >= 11 is 1.96. The highest BCUT2D eigenvalue weighted by Gasteiger charge is 2.23. The van der Waals surface area contributed by atoms with Crippen molar-refractivity contribution < 1.29 is 0 Å². The second kappa shape index (κ2) is 6.08. The average molecular weight is 323 g/mol. The van der Waals surface area contributed by atoms with E-state index in [2.05, 4.69) is 39.1 Å². The number of nitrogens with zero attached hydrogens (tertiary/aromatic N) is 2. The molecule has 0 spiro atoms. The SMILES string of the molecule is O=c1[nH]c(N2CCSC(c3ccccc3)C2)nc2ccccc12. The summed E-state index contributed by atoms with van der Waals surface area (Å²) in [5.74, 6) is 1.70. The van der Waals surface area contributed by atoms with E-state index in [1.165, 1.54) is 5.56 Å². The first kappa shape index (κ1) is 14.3. The fourth-order valence-electron chi connectivity index (χ4n) is 2.93. The third kappa shape index (κ3) is 2.84. The van der Waals surface area contributed by atoms with E-state index < -0.39 is 0 Å². The fourth-order valence-corrected chi connectivity index (χ4v) is 4.18. The zero-order valence-corrected chi connectivity index (χ0v) is 13.4. The van der Waals surface area contributed by atoms with Gasteiger partial charge in [0, 0.05) is 24.1 Å². The van der Waals surface area contributed by atoms with Gasteiger partial charge in [0.2, 0.25) is 5.95 Å². The molecule has 1 atom stereocenters. The number of para-hydroxylation sites is 1.